The van der Waals surface area contributed by atoms with Crippen molar-refractivity contribution in [3.05, 3.63) is 71.3 Å². The van der Waals surface area contributed by atoms with Crippen LogP contribution in [-0.2, 0) is 32.9 Å². The minimum absolute atomic E-state index is 0.0134. The van der Waals surface area contributed by atoms with Gasteiger partial charge in [0.1, 0.15) is 12.1 Å². The van der Waals surface area contributed by atoms with Crippen molar-refractivity contribution < 1.29 is 19.2 Å². The molecule has 2 aromatic carbocycles. The smallest absolute Gasteiger partial charge is 0.325 e. The highest BCUT2D eigenvalue weighted by atomic mass is 16.2. The lowest BCUT2D eigenvalue weighted by Crippen LogP contribution is -2.45. The molecule has 0 radical (unpaired) electrons. The van der Waals surface area contributed by atoms with Gasteiger partial charge in [-0.2, -0.15) is 0 Å². The number of hydrogen-bond acceptors (Lipinski definition) is 4. The molecule has 8 heteroatoms. The lowest BCUT2D eigenvalue weighted by Gasteiger charge is -2.25. The summed E-state index contributed by atoms with van der Waals surface area (Å²) in [5, 5.41) is 2.73. The molecule has 1 fully saturated rings. The van der Waals surface area contributed by atoms with E-state index in [1.165, 1.54) is 4.90 Å². The summed E-state index contributed by atoms with van der Waals surface area (Å²) < 4.78 is 0. The lowest BCUT2D eigenvalue weighted by atomic mass is 9.91. The summed E-state index contributed by atoms with van der Waals surface area (Å²) >= 11 is 0. The molecule has 0 spiro atoms. The van der Waals surface area contributed by atoms with Gasteiger partial charge in [-0.1, -0.05) is 67.9 Å². The van der Waals surface area contributed by atoms with E-state index in [0.717, 1.165) is 28.9 Å². The molecule has 0 saturated carbocycles. The number of aryl methyl sites for hydroxylation is 1. The maximum Gasteiger partial charge on any atom is 0.325 e. The first kappa shape index (κ1) is 24.0. The van der Waals surface area contributed by atoms with Gasteiger partial charge in [-0.3, -0.25) is 19.3 Å². The van der Waals surface area contributed by atoms with E-state index in [1.807, 2.05) is 54.6 Å². The summed E-state index contributed by atoms with van der Waals surface area (Å²) in [7, 11) is 0. The van der Waals surface area contributed by atoms with Crippen molar-refractivity contribution in [2.75, 3.05) is 13.1 Å². The molecule has 1 atom stereocenters. The molecule has 0 bridgehead atoms. The van der Waals surface area contributed by atoms with Gasteiger partial charge >= 0.3 is 6.03 Å². The Morgan fingerprint density at radius 1 is 1.03 bits per heavy atom. The summed E-state index contributed by atoms with van der Waals surface area (Å²) in [5.74, 6) is -1.46. The number of urea groups is 1. The van der Waals surface area contributed by atoms with Gasteiger partial charge in [0.25, 0.3) is 5.91 Å². The number of nitrogens with zero attached hydrogens (tertiary/aromatic N) is 2. The van der Waals surface area contributed by atoms with Crippen molar-refractivity contribution in [2.45, 2.75) is 45.2 Å². The molecule has 8 nitrogen and oxygen atoms in total. The van der Waals surface area contributed by atoms with Crippen molar-refractivity contribution in [1.82, 2.24) is 15.1 Å². The fourth-order valence-electron chi connectivity index (χ4n) is 3.91. The minimum Gasteiger partial charge on any atom is -0.370 e. The molecule has 1 heterocycles. The van der Waals surface area contributed by atoms with E-state index in [0.29, 0.717) is 5.56 Å². The first-order valence-corrected chi connectivity index (χ1v) is 11.1. The summed E-state index contributed by atoms with van der Waals surface area (Å²) in [6, 6.07) is 16.2. The highest BCUT2D eigenvalue weighted by molar-refractivity contribution is 6.09. The van der Waals surface area contributed by atoms with Gasteiger partial charge in [-0.25, -0.2) is 4.79 Å². The van der Waals surface area contributed by atoms with Crippen molar-refractivity contribution in [3.8, 4) is 0 Å². The fourth-order valence-corrected chi connectivity index (χ4v) is 3.91. The molecule has 3 N–H and O–H groups in total. The Kier molecular flexibility index (Phi) is 7.48. The standard InChI is InChI=1S/C25H30N4O4/c1-3-7-18-10-12-20(13-11-18)25(2)23(32)29(24(33)27-25)17-22(31)28(15-14-21(26)30)16-19-8-5-4-6-9-19/h4-6,8-13H,3,7,14-17H2,1-2H3,(H2,26,30)(H,27,33). The zero-order valence-electron chi connectivity index (χ0n) is 19.0. The van der Waals surface area contributed by atoms with Crippen LogP contribution in [0.4, 0.5) is 4.79 Å². The Morgan fingerprint density at radius 2 is 1.70 bits per heavy atom. The molecule has 33 heavy (non-hydrogen) atoms. The number of benzene rings is 2. The molecular weight excluding hydrogens is 420 g/mol. The summed E-state index contributed by atoms with van der Waals surface area (Å²) in [4.78, 5) is 52.6. The Balaban J connectivity index is 1.75. The number of rotatable bonds is 10. The van der Waals surface area contributed by atoms with E-state index in [-0.39, 0.29) is 19.5 Å². The molecule has 3 rings (SSSR count). The molecule has 2 aromatic rings. The van der Waals surface area contributed by atoms with Crippen LogP contribution in [0.3, 0.4) is 0 Å². The number of amides is 5. The second-order valence-electron chi connectivity index (χ2n) is 8.41. The van der Waals surface area contributed by atoms with Gasteiger partial charge < -0.3 is 16.0 Å². The van der Waals surface area contributed by atoms with E-state index in [9.17, 15) is 19.2 Å². The van der Waals surface area contributed by atoms with Crippen molar-refractivity contribution in [2.24, 2.45) is 5.73 Å². The van der Waals surface area contributed by atoms with E-state index < -0.39 is 35.8 Å². The van der Waals surface area contributed by atoms with Crippen LogP contribution in [0.25, 0.3) is 0 Å². The number of nitrogens with one attached hydrogen (secondary N) is 1. The van der Waals surface area contributed by atoms with Gasteiger partial charge in [0.05, 0.1) is 0 Å². The number of carbonyl (C=O) groups is 4. The Morgan fingerprint density at radius 3 is 2.30 bits per heavy atom. The van der Waals surface area contributed by atoms with Crippen LogP contribution in [0.1, 0.15) is 43.4 Å². The molecule has 0 aliphatic carbocycles. The first-order chi connectivity index (χ1) is 15.7. The van der Waals surface area contributed by atoms with Crippen LogP contribution in [0.15, 0.2) is 54.6 Å². The minimum atomic E-state index is -1.25. The third-order valence-electron chi connectivity index (χ3n) is 5.84. The number of hydrogen-bond donors (Lipinski definition) is 2. The van der Waals surface area contributed by atoms with Gasteiger partial charge in [-0.15, -0.1) is 0 Å². The fraction of sp³-hybridized carbons (Fsp3) is 0.360. The van der Waals surface area contributed by atoms with Crippen LogP contribution in [0.5, 0.6) is 0 Å². The number of imide groups is 1. The van der Waals surface area contributed by atoms with Crippen LogP contribution in [-0.4, -0.2) is 46.6 Å². The van der Waals surface area contributed by atoms with Crippen LogP contribution in [0.2, 0.25) is 0 Å². The third-order valence-corrected chi connectivity index (χ3v) is 5.84. The van der Waals surface area contributed by atoms with E-state index in [4.69, 9.17) is 5.73 Å². The maximum atomic E-state index is 13.2. The topological polar surface area (TPSA) is 113 Å². The molecule has 5 amide bonds. The second-order valence-corrected chi connectivity index (χ2v) is 8.41. The molecule has 1 aliphatic rings. The maximum absolute atomic E-state index is 13.2. The van der Waals surface area contributed by atoms with Crippen LogP contribution in [0, 0.1) is 0 Å². The number of carbonyl (C=O) groups excluding carboxylic acids is 4. The molecule has 1 aliphatic heterocycles. The monoisotopic (exact) mass is 450 g/mol. The average molecular weight is 451 g/mol. The lowest BCUT2D eigenvalue weighted by molar-refractivity contribution is -0.139. The SMILES string of the molecule is CCCc1ccc(C2(C)NC(=O)N(CC(=O)N(CCC(N)=O)Cc3ccccc3)C2=O)cc1. The Hall–Kier alpha value is -3.68. The van der Waals surface area contributed by atoms with Crippen molar-refractivity contribution in [3.63, 3.8) is 0 Å². The van der Waals surface area contributed by atoms with Crippen LogP contribution < -0.4 is 11.1 Å². The molecular formula is C25H30N4O4. The van der Waals surface area contributed by atoms with E-state index in [2.05, 4.69) is 12.2 Å². The molecule has 0 aromatic heterocycles. The van der Waals surface area contributed by atoms with E-state index in [1.54, 1.807) is 6.92 Å². The second kappa shape index (κ2) is 10.3. The summed E-state index contributed by atoms with van der Waals surface area (Å²) in [6.45, 7) is 3.66. The predicted octanol–water partition coefficient (Wildman–Crippen LogP) is 2.31. The Labute approximate surface area is 193 Å². The molecule has 1 saturated heterocycles. The van der Waals surface area contributed by atoms with Crippen molar-refractivity contribution in [1.29, 1.82) is 0 Å². The quantitative estimate of drug-likeness (QED) is 0.541. The Bertz CT molecular complexity index is 1020. The highest BCUT2D eigenvalue weighted by Crippen LogP contribution is 2.29. The zero-order chi connectivity index (χ0) is 24.0. The van der Waals surface area contributed by atoms with Gasteiger partial charge in [-0.05, 0) is 30.0 Å². The third kappa shape index (κ3) is 5.58. The number of primary amides is 1. The first-order valence-electron chi connectivity index (χ1n) is 11.1. The highest BCUT2D eigenvalue weighted by Gasteiger charge is 2.49. The molecule has 1 unspecified atom stereocenters. The summed E-state index contributed by atoms with van der Waals surface area (Å²) in [6.07, 6.45) is 1.93. The van der Waals surface area contributed by atoms with Crippen molar-refractivity contribution >= 4 is 23.8 Å². The van der Waals surface area contributed by atoms with Gasteiger partial charge in [0, 0.05) is 19.5 Å². The predicted molar refractivity (Wildman–Crippen MR) is 124 cm³/mol. The normalized spacial score (nSPS) is 17.7. The average Bonchev–Trinajstić information content (AvgIpc) is 3.01. The van der Waals surface area contributed by atoms with Crippen LogP contribution >= 0.6 is 0 Å². The van der Waals surface area contributed by atoms with E-state index >= 15 is 0 Å². The number of nitrogens with two attached hydrogens (primary N) is 1. The zero-order valence-corrected chi connectivity index (χ0v) is 19.0. The van der Waals surface area contributed by atoms with Gasteiger partial charge in [0.15, 0.2) is 0 Å². The largest absolute Gasteiger partial charge is 0.370 e. The molecule has 174 valence electrons. The summed E-state index contributed by atoms with van der Waals surface area (Å²) in [5.41, 5.74) is 6.69. The van der Waals surface area contributed by atoms with Gasteiger partial charge in [0.2, 0.25) is 11.8 Å².